The summed E-state index contributed by atoms with van der Waals surface area (Å²) < 4.78 is 0. The maximum Gasteiger partial charge on any atom is 0.0454 e. The molecule has 1 atom stereocenters. The second-order valence-corrected chi connectivity index (χ2v) is 7.44. The van der Waals surface area contributed by atoms with Gasteiger partial charge >= 0.3 is 0 Å². The lowest BCUT2D eigenvalue weighted by atomic mass is 9.76. The molecule has 1 heterocycles. The number of rotatable bonds is 4. The van der Waals surface area contributed by atoms with Gasteiger partial charge in [-0.15, -0.1) is 0 Å². The van der Waals surface area contributed by atoms with Crippen molar-refractivity contribution in [3.63, 3.8) is 0 Å². The molecule has 0 radical (unpaired) electrons. The van der Waals surface area contributed by atoms with E-state index < -0.39 is 0 Å². The van der Waals surface area contributed by atoms with Crippen LogP contribution in [0.3, 0.4) is 0 Å². The Balaban J connectivity index is 2.23. The van der Waals surface area contributed by atoms with Gasteiger partial charge in [0.05, 0.1) is 0 Å². The van der Waals surface area contributed by atoms with Gasteiger partial charge in [0.15, 0.2) is 0 Å². The highest BCUT2D eigenvalue weighted by atomic mass is 15.2. The normalized spacial score (nSPS) is 21.4. The Bertz CT molecular complexity index is 942. The molecule has 0 N–H and O–H groups in total. The number of hydrogen-bond acceptors (Lipinski definition) is 1. The molecule has 0 amide bonds. The molecule has 0 saturated heterocycles. The minimum absolute atomic E-state index is 0.0102. The lowest BCUT2D eigenvalue weighted by molar-refractivity contribution is 0.554. The highest BCUT2D eigenvalue weighted by molar-refractivity contribution is 5.97. The SMILES string of the molecule is C=CC=CC=CC=C1N(C)c2ccc3c(C)cc(C)cc3c2C1(C)CC. The molecule has 2 aromatic carbocycles. The number of likely N-dealkylation sites (N-methyl/N-ethyl adjacent to an activating group) is 1. The summed E-state index contributed by atoms with van der Waals surface area (Å²) in [7, 11) is 2.19. The van der Waals surface area contributed by atoms with Crippen molar-refractivity contribution in [2.75, 3.05) is 11.9 Å². The highest BCUT2D eigenvalue weighted by Gasteiger charge is 2.41. The molecule has 0 spiro atoms. The predicted molar refractivity (Wildman–Crippen MR) is 116 cm³/mol. The number of anilines is 1. The van der Waals surface area contributed by atoms with Crippen molar-refractivity contribution in [1.82, 2.24) is 0 Å². The van der Waals surface area contributed by atoms with E-state index in [2.05, 4.69) is 88.7 Å². The summed E-state index contributed by atoms with van der Waals surface area (Å²) in [6.07, 6.45) is 13.3. The van der Waals surface area contributed by atoms with Crippen LogP contribution in [0.2, 0.25) is 0 Å². The number of aryl methyl sites for hydroxylation is 2. The summed E-state index contributed by atoms with van der Waals surface area (Å²) in [5.41, 5.74) is 6.84. The molecule has 0 saturated carbocycles. The van der Waals surface area contributed by atoms with Gasteiger partial charge in [-0.1, -0.05) is 67.6 Å². The molecule has 134 valence electrons. The van der Waals surface area contributed by atoms with Crippen LogP contribution in [0, 0.1) is 13.8 Å². The van der Waals surface area contributed by atoms with Crippen molar-refractivity contribution in [3.8, 4) is 0 Å². The Labute approximate surface area is 158 Å². The predicted octanol–water partition coefficient (Wildman–Crippen LogP) is 6.76. The standard InChI is InChI=1S/C25H29N/c1-7-9-10-11-12-13-23-25(5,8-2)24-21-17-18(3)16-19(4)20(21)14-15-22(24)26(23)6/h7,9-17H,1,8H2,2-6H3. The first-order valence-corrected chi connectivity index (χ1v) is 9.38. The molecule has 3 rings (SSSR count). The average molecular weight is 344 g/mol. The Morgan fingerprint density at radius 3 is 2.46 bits per heavy atom. The number of fused-ring (bicyclic) bond motifs is 3. The van der Waals surface area contributed by atoms with Crippen molar-refractivity contribution in [3.05, 3.63) is 89.7 Å². The fraction of sp³-hybridized carbons (Fsp3) is 0.280. The Hall–Kier alpha value is -2.54. The smallest absolute Gasteiger partial charge is 0.0454 e. The molecular formula is C25H29N. The van der Waals surface area contributed by atoms with Crippen LogP contribution in [0.25, 0.3) is 10.8 Å². The second kappa shape index (κ2) is 6.99. The average Bonchev–Trinajstić information content (AvgIpc) is 2.83. The molecule has 1 heteroatoms. The van der Waals surface area contributed by atoms with Crippen LogP contribution in [0.1, 0.15) is 37.0 Å². The van der Waals surface area contributed by atoms with Crippen LogP contribution in [0.4, 0.5) is 5.69 Å². The van der Waals surface area contributed by atoms with E-state index >= 15 is 0 Å². The van der Waals surface area contributed by atoms with Crippen LogP contribution < -0.4 is 4.90 Å². The molecule has 0 bridgehead atoms. The minimum atomic E-state index is 0.0102. The van der Waals surface area contributed by atoms with Gasteiger partial charge in [0.1, 0.15) is 0 Å². The number of nitrogens with zero attached hydrogens (tertiary/aromatic N) is 1. The monoisotopic (exact) mass is 343 g/mol. The summed E-state index contributed by atoms with van der Waals surface area (Å²) in [5, 5.41) is 2.77. The molecular weight excluding hydrogens is 314 g/mol. The van der Waals surface area contributed by atoms with E-state index in [9.17, 15) is 0 Å². The topological polar surface area (TPSA) is 3.24 Å². The summed E-state index contributed by atoms with van der Waals surface area (Å²) >= 11 is 0. The maximum absolute atomic E-state index is 3.71. The first-order valence-electron chi connectivity index (χ1n) is 9.38. The van der Waals surface area contributed by atoms with Crippen molar-refractivity contribution in [1.29, 1.82) is 0 Å². The largest absolute Gasteiger partial charge is 0.347 e. The van der Waals surface area contributed by atoms with E-state index in [1.54, 1.807) is 6.08 Å². The molecule has 0 aromatic heterocycles. The van der Waals surface area contributed by atoms with Gasteiger partial charge in [0, 0.05) is 23.8 Å². The van der Waals surface area contributed by atoms with Crippen LogP contribution in [-0.4, -0.2) is 7.05 Å². The fourth-order valence-electron chi connectivity index (χ4n) is 4.28. The molecule has 1 nitrogen and oxygen atoms in total. The number of hydrogen-bond donors (Lipinski definition) is 0. The third-order valence-electron chi connectivity index (χ3n) is 5.73. The zero-order chi connectivity index (χ0) is 18.9. The van der Waals surface area contributed by atoms with Crippen molar-refractivity contribution in [2.45, 2.75) is 39.5 Å². The van der Waals surface area contributed by atoms with Gasteiger partial charge in [0.2, 0.25) is 0 Å². The van der Waals surface area contributed by atoms with E-state index in [4.69, 9.17) is 0 Å². The molecule has 0 aliphatic carbocycles. The highest BCUT2D eigenvalue weighted by Crippen LogP contribution is 2.52. The van der Waals surface area contributed by atoms with Crippen molar-refractivity contribution < 1.29 is 0 Å². The molecule has 2 aromatic rings. The van der Waals surface area contributed by atoms with Gasteiger partial charge in [0.25, 0.3) is 0 Å². The number of benzene rings is 2. The Kier molecular flexibility index (Phi) is 4.91. The van der Waals surface area contributed by atoms with E-state index in [-0.39, 0.29) is 5.41 Å². The Morgan fingerprint density at radius 2 is 1.77 bits per heavy atom. The first kappa shape index (κ1) is 18.3. The quantitative estimate of drug-likeness (QED) is 0.555. The summed E-state index contributed by atoms with van der Waals surface area (Å²) in [4.78, 5) is 2.36. The first-order chi connectivity index (χ1) is 12.4. The lowest BCUT2D eigenvalue weighted by Crippen LogP contribution is -2.25. The van der Waals surface area contributed by atoms with Crippen LogP contribution in [-0.2, 0) is 5.41 Å². The molecule has 1 aliphatic heterocycles. The number of allylic oxidation sites excluding steroid dienone is 7. The van der Waals surface area contributed by atoms with E-state index in [1.165, 1.54) is 38.8 Å². The summed E-state index contributed by atoms with van der Waals surface area (Å²) in [5.74, 6) is 0. The second-order valence-electron chi connectivity index (χ2n) is 7.44. The lowest BCUT2D eigenvalue weighted by Gasteiger charge is -2.28. The van der Waals surface area contributed by atoms with Gasteiger partial charge in [-0.2, -0.15) is 0 Å². The maximum atomic E-state index is 3.71. The Morgan fingerprint density at radius 1 is 1.04 bits per heavy atom. The van der Waals surface area contributed by atoms with Gasteiger partial charge in [-0.05, 0) is 61.2 Å². The van der Waals surface area contributed by atoms with Crippen molar-refractivity contribution in [2.24, 2.45) is 0 Å². The van der Waals surface area contributed by atoms with Crippen molar-refractivity contribution >= 4 is 16.5 Å². The van der Waals surface area contributed by atoms with Crippen LogP contribution in [0.15, 0.2) is 73.0 Å². The van der Waals surface area contributed by atoms with Gasteiger partial charge < -0.3 is 4.90 Å². The zero-order valence-corrected chi connectivity index (χ0v) is 16.6. The minimum Gasteiger partial charge on any atom is -0.347 e. The summed E-state index contributed by atoms with van der Waals surface area (Å²) in [6.45, 7) is 12.8. The zero-order valence-electron chi connectivity index (χ0n) is 16.6. The van der Waals surface area contributed by atoms with E-state index in [0.717, 1.165) is 6.42 Å². The van der Waals surface area contributed by atoms with Crippen LogP contribution in [0.5, 0.6) is 0 Å². The van der Waals surface area contributed by atoms with Gasteiger partial charge in [-0.3, -0.25) is 0 Å². The van der Waals surface area contributed by atoms with Crippen LogP contribution >= 0.6 is 0 Å². The van der Waals surface area contributed by atoms with Gasteiger partial charge in [-0.25, -0.2) is 0 Å². The molecule has 1 aliphatic rings. The van der Waals surface area contributed by atoms with E-state index in [1.807, 2.05) is 12.2 Å². The third kappa shape index (κ3) is 2.82. The molecule has 0 fully saturated rings. The fourth-order valence-corrected chi connectivity index (χ4v) is 4.28. The molecule has 1 unspecified atom stereocenters. The summed E-state index contributed by atoms with van der Waals surface area (Å²) in [6, 6.07) is 9.20. The third-order valence-corrected chi connectivity index (χ3v) is 5.73. The van der Waals surface area contributed by atoms with E-state index in [0.29, 0.717) is 0 Å². The molecule has 26 heavy (non-hydrogen) atoms.